The predicted octanol–water partition coefficient (Wildman–Crippen LogP) is 12.7. The topological polar surface area (TPSA) is 142 Å². The van der Waals surface area contributed by atoms with E-state index in [9.17, 15) is 24.2 Å². The summed E-state index contributed by atoms with van der Waals surface area (Å²) in [5.41, 5.74) is 2.68. The van der Waals surface area contributed by atoms with Crippen LogP contribution in [0.5, 0.6) is 0 Å². The van der Waals surface area contributed by atoms with Gasteiger partial charge in [0.15, 0.2) is 6.10 Å². The van der Waals surface area contributed by atoms with Crippen molar-refractivity contribution in [3.05, 3.63) is 83.4 Å². The molecule has 1 aromatic heterocycles. The summed E-state index contributed by atoms with van der Waals surface area (Å²) in [7, 11) is 1.39. The maximum absolute atomic E-state index is 12.8. The van der Waals surface area contributed by atoms with E-state index < -0.39 is 38.6 Å². The summed E-state index contributed by atoms with van der Waals surface area (Å²) in [5.74, 6) is 1.44. The summed E-state index contributed by atoms with van der Waals surface area (Å²) >= 11 is 0. The minimum absolute atomic E-state index is 0.00441. The van der Waals surface area contributed by atoms with Gasteiger partial charge in [-0.3, -0.25) is 18.6 Å². The van der Waals surface area contributed by atoms with Gasteiger partial charge in [-0.15, -0.1) is 0 Å². The van der Waals surface area contributed by atoms with E-state index in [1.165, 1.54) is 80.4 Å². The molecule has 12 heteroatoms. The average Bonchev–Trinajstić information content (AvgIpc) is 3.51. The van der Waals surface area contributed by atoms with E-state index in [2.05, 4.69) is 45.9 Å². The number of rotatable bonds is 40. The van der Waals surface area contributed by atoms with Crippen LogP contribution < -0.4 is 0 Å². The summed E-state index contributed by atoms with van der Waals surface area (Å²) < 4.78 is 40.6. The van der Waals surface area contributed by atoms with Crippen molar-refractivity contribution in [1.82, 2.24) is 0 Å². The highest BCUT2D eigenvalue weighted by Crippen LogP contribution is 2.43. The lowest BCUT2D eigenvalue weighted by atomic mass is 10.0. The molecule has 0 aliphatic carbocycles. The summed E-state index contributed by atoms with van der Waals surface area (Å²) in [6.07, 6.45) is 39.8. The van der Waals surface area contributed by atoms with E-state index in [0.717, 1.165) is 51.4 Å². The number of unbranched alkanes of at least 4 members (excludes halogenated alkanes) is 12. The number of carbonyl (C=O) groups excluding carboxylic acids is 2. The van der Waals surface area contributed by atoms with Crippen LogP contribution in [0.1, 0.15) is 171 Å². The zero-order valence-electron chi connectivity index (χ0n) is 41.1. The van der Waals surface area contributed by atoms with Crippen molar-refractivity contribution < 1.29 is 51.6 Å². The first-order chi connectivity index (χ1) is 30.7. The molecule has 1 aromatic rings. The highest BCUT2D eigenvalue weighted by atomic mass is 31.2. The third-order valence-electron chi connectivity index (χ3n) is 10.8. The van der Waals surface area contributed by atoms with Gasteiger partial charge in [-0.1, -0.05) is 139 Å². The molecule has 0 bridgehead atoms. The van der Waals surface area contributed by atoms with E-state index in [4.69, 9.17) is 22.9 Å². The maximum Gasteiger partial charge on any atom is 0.472 e. The van der Waals surface area contributed by atoms with Crippen molar-refractivity contribution in [2.75, 3.05) is 47.5 Å². The van der Waals surface area contributed by atoms with Crippen LogP contribution in [-0.2, 0) is 45.5 Å². The molecule has 1 rings (SSSR count). The molecule has 64 heavy (non-hydrogen) atoms. The Balaban J connectivity index is 2.37. The van der Waals surface area contributed by atoms with Crippen LogP contribution in [0.15, 0.2) is 65.2 Å². The maximum atomic E-state index is 12.8. The number of aliphatic hydroxyl groups excluding tert-OH is 1. The lowest BCUT2D eigenvalue weighted by molar-refractivity contribution is -0.870. The van der Waals surface area contributed by atoms with Crippen molar-refractivity contribution in [3.63, 3.8) is 0 Å². The molecule has 366 valence electrons. The zero-order valence-corrected chi connectivity index (χ0v) is 42.0. The van der Waals surface area contributed by atoms with E-state index in [-0.39, 0.29) is 26.1 Å². The molecule has 2 N–H and O–H groups in total. The fraction of sp³-hybridized carbons (Fsp3) is 0.692. The van der Waals surface area contributed by atoms with Crippen molar-refractivity contribution >= 4 is 19.8 Å². The normalized spacial score (nSPS) is 14.5. The number of nitrogens with zero attached hydrogens (tertiary/aromatic N) is 1. The van der Waals surface area contributed by atoms with Gasteiger partial charge in [0.05, 0.1) is 33.9 Å². The van der Waals surface area contributed by atoms with E-state index in [1.807, 2.05) is 57.6 Å². The van der Waals surface area contributed by atoms with Crippen molar-refractivity contribution in [2.24, 2.45) is 0 Å². The minimum atomic E-state index is -4.42. The van der Waals surface area contributed by atoms with Crippen LogP contribution in [0.25, 0.3) is 0 Å². The number of aliphatic hydroxyl groups is 1. The van der Waals surface area contributed by atoms with E-state index >= 15 is 0 Å². The zero-order chi connectivity index (χ0) is 47.3. The Morgan fingerprint density at radius 2 is 1.27 bits per heavy atom. The summed E-state index contributed by atoms with van der Waals surface area (Å²) in [4.78, 5) is 35.6. The summed E-state index contributed by atoms with van der Waals surface area (Å²) in [6, 6.07) is 0. The van der Waals surface area contributed by atoms with Gasteiger partial charge in [0.25, 0.3) is 0 Å². The van der Waals surface area contributed by atoms with Gasteiger partial charge in [-0.25, -0.2) is 4.57 Å². The second-order valence-electron chi connectivity index (χ2n) is 17.9. The number of esters is 2. The second kappa shape index (κ2) is 37.1. The fourth-order valence-electron chi connectivity index (χ4n) is 6.72. The molecule has 0 aliphatic heterocycles. The van der Waals surface area contributed by atoms with Gasteiger partial charge >= 0.3 is 19.8 Å². The lowest BCUT2D eigenvalue weighted by Crippen LogP contribution is -2.37. The third kappa shape index (κ3) is 33.4. The molecule has 0 amide bonds. The molecule has 0 fully saturated rings. The van der Waals surface area contributed by atoms with Gasteiger partial charge in [0, 0.05) is 25.7 Å². The van der Waals surface area contributed by atoms with E-state index in [0.29, 0.717) is 36.7 Å². The molecule has 1 heterocycles. The Labute approximate surface area is 388 Å². The molecular formula is C52H89NO10P+. The Kier molecular flexibility index (Phi) is 34.2. The fourth-order valence-corrected chi connectivity index (χ4v) is 7.47. The number of likely N-dealkylation sites (N-methyl/N-ethyl adjacent to an activating group) is 1. The third-order valence-corrected chi connectivity index (χ3v) is 11.8. The highest BCUT2D eigenvalue weighted by molar-refractivity contribution is 7.47. The first kappa shape index (κ1) is 59.0. The van der Waals surface area contributed by atoms with Crippen LogP contribution in [0.2, 0.25) is 0 Å². The number of allylic oxidation sites excluding steroid dienone is 8. The first-order valence-corrected chi connectivity index (χ1v) is 26.0. The molecular weight excluding hydrogens is 830 g/mol. The monoisotopic (exact) mass is 919 g/mol. The Morgan fingerprint density at radius 1 is 0.688 bits per heavy atom. The first-order valence-electron chi connectivity index (χ1n) is 24.5. The van der Waals surface area contributed by atoms with Crippen LogP contribution in [-0.4, -0.2) is 86.1 Å². The van der Waals surface area contributed by atoms with Crippen LogP contribution in [0.3, 0.4) is 0 Å². The van der Waals surface area contributed by atoms with Crippen LogP contribution in [0, 0.1) is 13.8 Å². The standard InChI is InChI=1S/C52H88NO10P/c1-8-10-12-13-24-30-35-47(54)36-31-25-20-18-19-22-27-33-39-51(55)59-43-48(44-61-64(57,58)60-42-41-53(5,6)7)62-52(56)40-34-28-23-17-15-14-16-21-26-32-38-50-46(4)45(3)49(63-50)37-29-11-9-2/h10,12,19-20,22,24-25,30-31,36,47-48,54H,8-9,11,13-18,21,23,26-29,32-35,37-44H2,1-7H3/p+1/b12-10-,22-19-,25-20-,30-24-,36-31+/t47?,48-/m1/s1. The smallest absolute Gasteiger partial charge is 0.466 e. The van der Waals surface area contributed by atoms with Crippen molar-refractivity contribution in [1.29, 1.82) is 0 Å². The van der Waals surface area contributed by atoms with Gasteiger partial charge in [0.2, 0.25) is 0 Å². The molecule has 3 atom stereocenters. The number of furan rings is 1. The molecule has 0 radical (unpaired) electrons. The molecule has 0 saturated heterocycles. The van der Waals surface area contributed by atoms with Gasteiger partial charge in [0.1, 0.15) is 31.3 Å². The number of quaternary nitrogens is 1. The number of phosphoric ester groups is 1. The van der Waals surface area contributed by atoms with Crippen molar-refractivity contribution in [3.8, 4) is 0 Å². The number of ether oxygens (including phenoxy) is 2. The second-order valence-corrected chi connectivity index (χ2v) is 19.4. The van der Waals surface area contributed by atoms with Crippen LogP contribution in [0.4, 0.5) is 0 Å². The summed E-state index contributed by atoms with van der Waals surface area (Å²) in [6.45, 7) is 8.48. The Hall–Kier alpha value is -3.05. The Bertz CT molecular complexity index is 1570. The summed E-state index contributed by atoms with van der Waals surface area (Å²) in [5, 5.41) is 10.0. The predicted molar refractivity (Wildman–Crippen MR) is 261 cm³/mol. The minimum Gasteiger partial charge on any atom is -0.466 e. The number of phosphoric acid groups is 1. The number of hydrogen-bond acceptors (Lipinski definition) is 9. The molecule has 0 aliphatic rings. The van der Waals surface area contributed by atoms with Gasteiger partial charge < -0.3 is 28.4 Å². The van der Waals surface area contributed by atoms with Gasteiger partial charge in [-0.2, -0.15) is 0 Å². The highest BCUT2D eigenvalue weighted by Gasteiger charge is 2.27. The largest absolute Gasteiger partial charge is 0.472 e. The van der Waals surface area contributed by atoms with E-state index in [1.54, 1.807) is 6.08 Å². The average molecular weight is 919 g/mol. The Morgan fingerprint density at radius 3 is 1.91 bits per heavy atom. The molecule has 2 unspecified atom stereocenters. The SMILES string of the molecule is CC/C=C\C/C=C\CC(O)/C=C/C=C\C/C=C\CCCC(=O)OC[C@H](COP(=O)(O)OCC[N+](C)(C)C)OC(=O)CCCCCCCCCCCCc1oc(CCCCC)c(C)c1C. The molecule has 0 spiro atoms. The number of aryl methyl sites for hydroxylation is 2. The lowest BCUT2D eigenvalue weighted by Gasteiger charge is -2.24. The number of carbonyl (C=O) groups is 2. The van der Waals surface area contributed by atoms with Gasteiger partial charge in [-0.05, 0) is 82.8 Å². The quantitative estimate of drug-likeness (QED) is 0.0163. The molecule has 0 saturated carbocycles. The van der Waals surface area contributed by atoms with Crippen molar-refractivity contribution in [2.45, 2.75) is 188 Å². The number of hydrogen-bond donors (Lipinski definition) is 2. The van der Waals surface area contributed by atoms with Crippen LogP contribution >= 0.6 is 7.82 Å². The molecule has 11 nitrogen and oxygen atoms in total. The molecule has 0 aromatic carbocycles.